The molecule has 0 aliphatic heterocycles. The summed E-state index contributed by atoms with van der Waals surface area (Å²) in [5.74, 6) is 0.238. The number of rotatable bonds is 6. The average Bonchev–Trinajstić information content (AvgIpc) is 2.94. The van der Waals surface area contributed by atoms with E-state index in [1.807, 2.05) is 36.9 Å². The standard InChI is InChI=1S/C17H22N2O2/c1-4-15(12-14-9-7-6-8-10-14)19(5-2)17(20)16-11-13(3)18-21-16/h6-11,15H,4-5,12H2,1-3H3. The van der Waals surface area contributed by atoms with Crippen molar-refractivity contribution in [3.8, 4) is 0 Å². The van der Waals surface area contributed by atoms with Crippen LogP contribution in [0.1, 0.15) is 42.1 Å². The number of carbonyl (C=O) groups excluding carboxylic acids is 1. The van der Waals surface area contributed by atoms with Crippen LogP contribution in [-0.4, -0.2) is 28.6 Å². The van der Waals surface area contributed by atoms with Gasteiger partial charge in [0.25, 0.3) is 5.91 Å². The highest BCUT2D eigenvalue weighted by molar-refractivity contribution is 5.91. The number of hydrogen-bond donors (Lipinski definition) is 0. The summed E-state index contributed by atoms with van der Waals surface area (Å²) in [6.45, 7) is 6.58. The summed E-state index contributed by atoms with van der Waals surface area (Å²) in [5, 5.41) is 3.80. The molecule has 0 radical (unpaired) electrons. The molecular weight excluding hydrogens is 264 g/mol. The molecule has 0 aliphatic carbocycles. The molecule has 1 amide bonds. The smallest absolute Gasteiger partial charge is 0.292 e. The SMILES string of the molecule is CCC(Cc1ccccc1)N(CC)C(=O)c1cc(C)no1. The molecule has 0 saturated carbocycles. The van der Waals surface area contributed by atoms with Crippen LogP contribution in [0.2, 0.25) is 0 Å². The van der Waals surface area contributed by atoms with E-state index in [4.69, 9.17) is 4.52 Å². The fourth-order valence-electron chi connectivity index (χ4n) is 2.53. The number of carbonyl (C=O) groups is 1. The summed E-state index contributed by atoms with van der Waals surface area (Å²) in [6.07, 6.45) is 1.76. The quantitative estimate of drug-likeness (QED) is 0.817. The predicted molar refractivity (Wildman–Crippen MR) is 82.2 cm³/mol. The molecule has 21 heavy (non-hydrogen) atoms. The third-order valence-electron chi connectivity index (χ3n) is 3.67. The largest absolute Gasteiger partial charge is 0.351 e. The second-order valence-corrected chi connectivity index (χ2v) is 5.18. The summed E-state index contributed by atoms with van der Waals surface area (Å²) in [7, 11) is 0. The molecule has 1 aromatic carbocycles. The topological polar surface area (TPSA) is 46.3 Å². The molecule has 1 unspecified atom stereocenters. The van der Waals surface area contributed by atoms with Gasteiger partial charge in [-0.3, -0.25) is 4.79 Å². The van der Waals surface area contributed by atoms with Crippen LogP contribution in [0.25, 0.3) is 0 Å². The molecule has 2 aromatic rings. The van der Waals surface area contributed by atoms with Crippen LogP contribution < -0.4 is 0 Å². The van der Waals surface area contributed by atoms with E-state index >= 15 is 0 Å². The molecule has 0 bridgehead atoms. The monoisotopic (exact) mass is 286 g/mol. The Labute approximate surface area is 125 Å². The highest BCUT2D eigenvalue weighted by atomic mass is 16.5. The van der Waals surface area contributed by atoms with Crippen molar-refractivity contribution >= 4 is 5.91 Å². The number of benzene rings is 1. The van der Waals surface area contributed by atoms with Crippen LogP contribution in [0.4, 0.5) is 0 Å². The van der Waals surface area contributed by atoms with Gasteiger partial charge in [-0.25, -0.2) is 0 Å². The lowest BCUT2D eigenvalue weighted by molar-refractivity contribution is 0.0641. The molecule has 0 N–H and O–H groups in total. The first-order valence-corrected chi connectivity index (χ1v) is 7.43. The Kier molecular flexibility index (Phi) is 5.14. The Morgan fingerprint density at radius 1 is 1.29 bits per heavy atom. The van der Waals surface area contributed by atoms with E-state index in [-0.39, 0.29) is 11.9 Å². The maximum Gasteiger partial charge on any atom is 0.292 e. The van der Waals surface area contributed by atoms with Crippen LogP contribution in [0.3, 0.4) is 0 Å². The third kappa shape index (κ3) is 3.72. The molecule has 2 rings (SSSR count). The maximum absolute atomic E-state index is 12.6. The molecule has 0 saturated heterocycles. The van der Waals surface area contributed by atoms with Gasteiger partial charge in [-0.05, 0) is 32.3 Å². The summed E-state index contributed by atoms with van der Waals surface area (Å²) >= 11 is 0. The summed E-state index contributed by atoms with van der Waals surface area (Å²) in [4.78, 5) is 14.4. The Morgan fingerprint density at radius 2 is 2.00 bits per heavy atom. The van der Waals surface area contributed by atoms with Crippen molar-refractivity contribution in [2.45, 2.75) is 39.7 Å². The zero-order chi connectivity index (χ0) is 15.2. The van der Waals surface area contributed by atoms with E-state index < -0.39 is 0 Å². The van der Waals surface area contributed by atoms with Crippen molar-refractivity contribution in [1.29, 1.82) is 0 Å². The molecule has 112 valence electrons. The number of hydrogen-bond acceptors (Lipinski definition) is 3. The van der Waals surface area contributed by atoms with E-state index in [1.54, 1.807) is 6.07 Å². The molecule has 0 spiro atoms. The Morgan fingerprint density at radius 3 is 2.52 bits per heavy atom. The average molecular weight is 286 g/mol. The van der Waals surface area contributed by atoms with Crippen molar-refractivity contribution in [3.63, 3.8) is 0 Å². The van der Waals surface area contributed by atoms with E-state index in [0.717, 1.165) is 18.5 Å². The van der Waals surface area contributed by atoms with Crippen molar-refractivity contribution in [1.82, 2.24) is 10.1 Å². The lowest BCUT2D eigenvalue weighted by Gasteiger charge is -2.29. The van der Waals surface area contributed by atoms with Gasteiger partial charge in [0.05, 0.1) is 5.69 Å². The zero-order valence-electron chi connectivity index (χ0n) is 12.9. The van der Waals surface area contributed by atoms with Crippen LogP contribution in [0, 0.1) is 6.92 Å². The van der Waals surface area contributed by atoms with Gasteiger partial charge in [0, 0.05) is 18.7 Å². The van der Waals surface area contributed by atoms with Crippen LogP contribution in [0.5, 0.6) is 0 Å². The summed E-state index contributed by atoms with van der Waals surface area (Å²) in [5.41, 5.74) is 1.97. The molecule has 1 atom stereocenters. The minimum Gasteiger partial charge on any atom is -0.351 e. The second-order valence-electron chi connectivity index (χ2n) is 5.18. The first-order valence-electron chi connectivity index (χ1n) is 7.43. The highest BCUT2D eigenvalue weighted by Crippen LogP contribution is 2.16. The van der Waals surface area contributed by atoms with Gasteiger partial charge in [-0.2, -0.15) is 0 Å². The molecule has 0 aliphatic rings. The van der Waals surface area contributed by atoms with Crippen LogP contribution in [-0.2, 0) is 6.42 Å². The van der Waals surface area contributed by atoms with Crippen molar-refractivity contribution in [2.75, 3.05) is 6.54 Å². The molecule has 1 heterocycles. The third-order valence-corrected chi connectivity index (χ3v) is 3.67. The van der Waals surface area contributed by atoms with Gasteiger partial charge in [0.15, 0.2) is 0 Å². The maximum atomic E-state index is 12.6. The lowest BCUT2D eigenvalue weighted by Crippen LogP contribution is -2.41. The molecule has 0 fully saturated rings. The van der Waals surface area contributed by atoms with Gasteiger partial charge in [-0.1, -0.05) is 42.4 Å². The van der Waals surface area contributed by atoms with Crippen molar-refractivity contribution < 1.29 is 9.32 Å². The zero-order valence-corrected chi connectivity index (χ0v) is 12.9. The summed E-state index contributed by atoms with van der Waals surface area (Å²) < 4.78 is 5.11. The van der Waals surface area contributed by atoms with Gasteiger partial charge < -0.3 is 9.42 Å². The minimum absolute atomic E-state index is 0.0825. The number of aryl methyl sites for hydroxylation is 1. The molecule has 4 nitrogen and oxygen atoms in total. The molecular formula is C17H22N2O2. The van der Waals surface area contributed by atoms with Crippen LogP contribution >= 0.6 is 0 Å². The number of nitrogens with zero attached hydrogens (tertiary/aromatic N) is 2. The Balaban J connectivity index is 2.15. The van der Waals surface area contributed by atoms with E-state index in [1.165, 1.54) is 5.56 Å². The molecule has 1 aromatic heterocycles. The van der Waals surface area contributed by atoms with Gasteiger partial charge in [0.1, 0.15) is 0 Å². The fraction of sp³-hybridized carbons (Fsp3) is 0.412. The minimum atomic E-state index is -0.0825. The van der Waals surface area contributed by atoms with Gasteiger partial charge >= 0.3 is 0 Å². The Bertz CT molecular complexity index is 577. The van der Waals surface area contributed by atoms with Gasteiger partial charge in [-0.15, -0.1) is 0 Å². The highest BCUT2D eigenvalue weighted by Gasteiger charge is 2.25. The van der Waals surface area contributed by atoms with Crippen molar-refractivity contribution in [3.05, 3.63) is 53.4 Å². The van der Waals surface area contributed by atoms with Crippen LogP contribution in [0.15, 0.2) is 40.9 Å². The van der Waals surface area contributed by atoms with E-state index in [9.17, 15) is 4.79 Å². The van der Waals surface area contributed by atoms with Gasteiger partial charge in [0.2, 0.25) is 5.76 Å². The summed E-state index contributed by atoms with van der Waals surface area (Å²) in [6, 6.07) is 12.1. The first kappa shape index (κ1) is 15.3. The number of aromatic nitrogens is 1. The second kappa shape index (κ2) is 7.07. The fourth-order valence-corrected chi connectivity index (χ4v) is 2.53. The molecule has 4 heteroatoms. The van der Waals surface area contributed by atoms with E-state index in [0.29, 0.717) is 12.3 Å². The Hall–Kier alpha value is -2.10. The lowest BCUT2D eigenvalue weighted by atomic mass is 10.0. The predicted octanol–water partition coefficient (Wildman–Crippen LogP) is 3.47. The number of amides is 1. The normalized spacial score (nSPS) is 12.1. The number of likely N-dealkylation sites (N-methyl/N-ethyl adjacent to an activating group) is 1. The van der Waals surface area contributed by atoms with E-state index in [2.05, 4.69) is 24.2 Å². The first-order chi connectivity index (χ1) is 10.2. The van der Waals surface area contributed by atoms with Crippen molar-refractivity contribution in [2.24, 2.45) is 0 Å².